The van der Waals surface area contributed by atoms with Crippen LogP contribution in [-0.2, 0) is 0 Å². The molecule has 0 saturated heterocycles. The molecule has 3 aromatic rings. The fraction of sp³-hybridized carbons (Fsp3) is 0.273. The Morgan fingerprint density at radius 3 is 2.50 bits per heavy atom. The van der Waals surface area contributed by atoms with E-state index in [0.29, 0.717) is 11.5 Å². The van der Waals surface area contributed by atoms with Crippen molar-refractivity contribution in [2.75, 3.05) is 19.0 Å². The van der Waals surface area contributed by atoms with Gasteiger partial charge in [0.1, 0.15) is 0 Å². The number of aromatic nitrogens is 3. The topological polar surface area (TPSA) is 71.0 Å². The van der Waals surface area contributed by atoms with Crippen molar-refractivity contribution in [2.24, 2.45) is 0 Å². The summed E-state index contributed by atoms with van der Waals surface area (Å²) < 4.78 is 0. The van der Waals surface area contributed by atoms with Crippen LogP contribution in [0.1, 0.15) is 41.0 Å². The molecule has 6 nitrogen and oxygen atoms in total. The van der Waals surface area contributed by atoms with Crippen LogP contribution in [0.15, 0.2) is 54.9 Å². The Hall–Kier alpha value is -3.28. The van der Waals surface area contributed by atoms with E-state index >= 15 is 0 Å². The molecule has 0 bridgehead atoms. The maximum Gasteiger partial charge on any atom is 0.251 e. The van der Waals surface area contributed by atoms with E-state index in [-0.39, 0.29) is 11.9 Å². The van der Waals surface area contributed by atoms with Crippen molar-refractivity contribution in [1.82, 2.24) is 20.3 Å². The molecule has 2 heterocycles. The highest BCUT2D eigenvalue weighted by atomic mass is 16.1. The largest absolute Gasteiger partial charge is 0.347 e. The van der Waals surface area contributed by atoms with Crippen molar-refractivity contribution in [1.29, 1.82) is 0 Å². The lowest BCUT2D eigenvalue weighted by Gasteiger charge is -2.17. The minimum absolute atomic E-state index is 0.0620. The fourth-order valence-corrected chi connectivity index (χ4v) is 2.94. The number of nitrogens with one attached hydrogen (secondary N) is 1. The number of pyridine rings is 1. The average Bonchev–Trinajstić information content (AvgIpc) is 2.72. The monoisotopic (exact) mass is 375 g/mol. The van der Waals surface area contributed by atoms with Gasteiger partial charge in [-0.15, -0.1) is 0 Å². The second-order valence-electron chi connectivity index (χ2n) is 6.89. The van der Waals surface area contributed by atoms with Crippen LogP contribution in [0.2, 0.25) is 0 Å². The average molecular weight is 375 g/mol. The van der Waals surface area contributed by atoms with Crippen LogP contribution in [0.4, 0.5) is 5.95 Å². The Kier molecular flexibility index (Phi) is 5.99. The zero-order valence-corrected chi connectivity index (χ0v) is 16.7. The van der Waals surface area contributed by atoms with Crippen molar-refractivity contribution >= 4 is 11.9 Å². The van der Waals surface area contributed by atoms with Crippen LogP contribution in [0.3, 0.4) is 0 Å². The summed E-state index contributed by atoms with van der Waals surface area (Å²) in [7, 11) is 3.83. The van der Waals surface area contributed by atoms with Gasteiger partial charge in [0.25, 0.3) is 5.91 Å². The Morgan fingerprint density at radius 2 is 1.89 bits per heavy atom. The summed E-state index contributed by atoms with van der Waals surface area (Å²) in [5, 5.41) is 3.08. The molecule has 3 rings (SSSR count). The Bertz CT molecular complexity index is 939. The molecule has 0 aliphatic carbocycles. The van der Waals surface area contributed by atoms with Crippen LogP contribution in [0, 0.1) is 6.92 Å². The van der Waals surface area contributed by atoms with E-state index in [1.165, 1.54) is 0 Å². The Labute approximate surface area is 165 Å². The number of anilines is 1. The fourth-order valence-electron chi connectivity index (χ4n) is 2.94. The van der Waals surface area contributed by atoms with Crippen molar-refractivity contribution < 1.29 is 4.79 Å². The summed E-state index contributed by atoms with van der Waals surface area (Å²) in [5.41, 5.74) is 4.31. The predicted molar refractivity (Wildman–Crippen MR) is 111 cm³/mol. The number of rotatable bonds is 6. The minimum atomic E-state index is -0.102. The SMILES string of the molecule is CCC(NC(=O)c1ccc(-c2cc(C)nc(N(C)C)n2)cc1)c1cccnc1. The van der Waals surface area contributed by atoms with Crippen LogP contribution >= 0.6 is 0 Å². The molecule has 1 amide bonds. The smallest absolute Gasteiger partial charge is 0.251 e. The van der Waals surface area contributed by atoms with Crippen molar-refractivity contribution in [3.05, 3.63) is 71.7 Å². The van der Waals surface area contributed by atoms with E-state index < -0.39 is 0 Å². The second kappa shape index (κ2) is 8.61. The molecule has 0 saturated carbocycles. The number of benzene rings is 1. The molecule has 6 heteroatoms. The van der Waals surface area contributed by atoms with Crippen LogP contribution in [0.25, 0.3) is 11.3 Å². The van der Waals surface area contributed by atoms with Crippen LogP contribution in [0.5, 0.6) is 0 Å². The highest BCUT2D eigenvalue weighted by molar-refractivity contribution is 5.94. The molecule has 0 fully saturated rings. The normalized spacial score (nSPS) is 11.7. The number of aryl methyl sites for hydroxylation is 1. The molecule has 0 aliphatic rings. The second-order valence-corrected chi connectivity index (χ2v) is 6.89. The van der Waals surface area contributed by atoms with E-state index in [0.717, 1.165) is 28.9 Å². The third-order valence-electron chi connectivity index (χ3n) is 4.49. The summed E-state index contributed by atoms with van der Waals surface area (Å²) in [6.45, 7) is 3.99. The molecular formula is C22H25N5O. The number of carbonyl (C=O) groups excluding carboxylic acids is 1. The summed E-state index contributed by atoms with van der Waals surface area (Å²) in [6.07, 6.45) is 4.31. The van der Waals surface area contributed by atoms with Gasteiger partial charge in [-0.2, -0.15) is 0 Å². The number of amides is 1. The van der Waals surface area contributed by atoms with Crippen molar-refractivity contribution in [3.8, 4) is 11.3 Å². The Morgan fingerprint density at radius 1 is 1.14 bits per heavy atom. The summed E-state index contributed by atoms with van der Waals surface area (Å²) in [5.74, 6) is 0.564. The predicted octanol–water partition coefficient (Wildman–Crippen LogP) is 3.79. The number of hydrogen-bond donors (Lipinski definition) is 1. The van der Waals surface area contributed by atoms with Gasteiger partial charge in [-0.3, -0.25) is 9.78 Å². The van der Waals surface area contributed by atoms with Gasteiger partial charge >= 0.3 is 0 Å². The first kappa shape index (κ1) is 19.5. The molecule has 28 heavy (non-hydrogen) atoms. The molecule has 0 radical (unpaired) electrons. The highest BCUT2D eigenvalue weighted by Crippen LogP contribution is 2.21. The van der Waals surface area contributed by atoms with Crippen LogP contribution in [-0.4, -0.2) is 35.0 Å². The molecule has 0 aliphatic heterocycles. The van der Waals surface area contributed by atoms with Gasteiger partial charge in [0.2, 0.25) is 5.95 Å². The number of carbonyl (C=O) groups is 1. The summed E-state index contributed by atoms with van der Waals surface area (Å²) >= 11 is 0. The zero-order valence-electron chi connectivity index (χ0n) is 16.7. The third kappa shape index (κ3) is 4.52. The maximum atomic E-state index is 12.7. The van der Waals surface area contributed by atoms with Gasteiger partial charge in [0, 0.05) is 43.3 Å². The minimum Gasteiger partial charge on any atom is -0.347 e. The van der Waals surface area contributed by atoms with Gasteiger partial charge in [-0.25, -0.2) is 9.97 Å². The first-order chi connectivity index (χ1) is 13.5. The van der Waals surface area contributed by atoms with E-state index in [9.17, 15) is 4.79 Å². The van der Waals surface area contributed by atoms with Gasteiger partial charge in [-0.1, -0.05) is 25.1 Å². The summed E-state index contributed by atoms with van der Waals surface area (Å²) in [4.78, 5) is 27.7. The van der Waals surface area contributed by atoms with Crippen molar-refractivity contribution in [2.45, 2.75) is 26.3 Å². The van der Waals surface area contributed by atoms with E-state index in [4.69, 9.17) is 0 Å². The van der Waals surface area contributed by atoms with Gasteiger partial charge in [-0.05, 0) is 43.2 Å². The van der Waals surface area contributed by atoms with E-state index in [2.05, 4.69) is 20.3 Å². The first-order valence-corrected chi connectivity index (χ1v) is 9.32. The lowest BCUT2D eigenvalue weighted by molar-refractivity contribution is 0.0935. The van der Waals surface area contributed by atoms with Crippen molar-refractivity contribution in [3.63, 3.8) is 0 Å². The van der Waals surface area contributed by atoms with Gasteiger partial charge in [0.15, 0.2) is 0 Å². The quantitative estimate of drug-likeness (QED) is 0.710. The Balaban J connectivity index is 1.78. The maximum absolute atomic E-state index is 12.7. The third-order valence-corrected chi connectivity index (χ3v) is 4.49. The summed E-state index contributed by atoms with van der Waals surface area (Å²) in [6, 6.07) is 13.2. The molecule has 0 spiro atoms. The molecule has 2 aromatic heterocycles. The molecule has 144 valence electrons. The van der Waals surface area contributed by atoms with E-state index in [1.807, 2.05) is 75.3 Å². The molecule has 1 aromatic carbocycles. The lowest BCUT2D eigenvalue weighted by atomic mass is 10.0. The standard InChI is InChI=1S/C22H25N5O/c1-5-19(18-7-6-12-23-14-18)25-21(28)17-10-8-16(9-11-17)20-13-15(2)24-22(26-20)27(3)4/h6-14,19H,5H2,1-4H3,(H,25,28). The molecule has 1 atom stereocenters. The zero-order chi connectivity index (χ0) is 20.1. The van der Waals surface area contributed by atoms with Crippen LogP contribution < -0.4 is 10.2 Å². The molecule has 1 unspecified atom stereocenters. The number of hydrogen-bond acceptors (Lipinski definition) is 5. The van der Waals surface area contributed by atoms with E-state index in [1.54, 1.807) is 12.4 Å². The highest BCUT2D eigenvalue weighted by Gasteiger charge is 2.14. The molecule has 1 N–H and O–H groups in total. The van der Waals surface area contributed by atoms with Gasteiger partial charge in [0.05, 0.1) is 11.7 Å². The molecular weight excluding hydrogens is 350 g/mol. The number of nitrogens with zero attached hydrogens (tertiary/aromatic N) is 4. The van der Waals surface area contributed by atoms with Gasteiger partial charge < -0.3 is 10.2 Å². The first-order valence-electron chi connectivity index (χ1n) is 9.32. The lowest BCUT2D eigenvalue weighted by Crippen LogP contribution is -2.28.